The minimum atomic E-state index is -0.874. The van der Waals surface area contributed by atoms with Gasteiger partial charge >= 0.3 is 0 Å². The molecule has 0 aliphatic carbocycles. The van der Waals surface area contributed by atoms with Crippen LogP contribution in [0.3, 0.4) is 0 Å². The van der Waals surface area contributed by atoms with Crippen LogP contribution in [0.5, 0.6) is 11.6 Å². The van der Waals surface area contributed by atoms with Crippen LogP contribution in [-0.4, -0.2) is 38.3 Å². The van der Waals surface area contributed by atoms with Gasteiger partial charge in [-0.25, -0.2) is 15.0 Å². The predicted octanol–water partition coefficient (Wildman–Crippen LogP) is 4.12. The van der Waals surface area contributed by atoms with Crippen molar-refractivity contribution >= 4 is 11.2 Å². The highest BCUT2D eigenvalue weighted by atomic mass is 16.5. The Labute approximate surface area is 173 Å². The number of hydrogen-bond acceptors (Lipinski definition) is 6. The first-order valence-corrected chi connectivity index (χ1v) is 10.1. The van der Waals surface area contributed by atoms with E-state index in [2.05, 4.69) is 26.0 Å². The van der Waals surface area contributed by atoms with Crippen molar-refractivity contribution in [1.82, 2.24) is 19.9 Å². The van der Waals surface area contributed by atoms with Crippen molar-refractivity contribution in [2.24, 2.45) is 0 Å². The van der Waals surface area contributed by atoms with Crippen LogP contribution in [-0.2, 0) is 4.74 Å². The van der Waals surface area contributed by atoms with Gasteiger partial charge in [0.15, 0.2) is 5.65 Å². The van der Waals surface area contributed by atoms with Crippen LogP contribution in [0.15, 0.2) is 60.9 Å². The summed E-state index contributed by atoms with van der Waals surface area (Å²) in [5.41, 5.74) is 3.20. The molecule has 0 amide bonds. The van der Waals surface area contributed by atoms with Gasteiger partial charge in [0.2, 0.25) is 5.88 Å². The van der Waals surface area contributed by atoms with Gasteiger partial charge in [0.1, 0.15) is 17.7 Å². The number of aliphatic hydroxyl groups is 1. The second-order valence-corrected chi connectivity index (χ2v) is 7.35. The van der Waals surface area contributed by atoms with Gasteiger partial charge in [0.25, 0.3) is 0 Å². The van der Waals surface area contributed by atoms with E-state index < -0.39 is 6.10 Å². The first-order valence-electron chi connectivity index (χ1n) is 10.1. The van der Waals surface area contributed by atoms with Crippen LogP contribution >= 0.6 is 0 Å². The maximum Gasteiger partial charge on any atom is 0.222 e. The first kappa shape index (κ1) is 18.7. The molecule has 1 atom stereocenters. The molecular weight excluding hydrogens is 380 g/mol. The summed E-state index contributed by atoms with van der Waals surface area (Å²) in [6, 6.07) is 15.1. The zero-order valence-electron chi connectivity index (χ0n) is 16.4. The number of hydrogen-bond donors (Lipinski definition) is 2. The van der Waals surface area contributed by atoms with Crippen molar-refractivity contribution < 1.29 is 14.6 Å². The van der Waals surface area contributed by atoms with Gasteiger partial charge in [-0.1, -0.05) is 18.2 Å². The molecule has 1 unspecified atom stereocenters. The lowest BCUT2D eigenvalue weighted by Gasteiger charge is -2.23. The molecule has 152 valence electrons. The van der Waals surface area contributed by atoms with Gasteiger partial charge in [-0.15, -0.1) is 0 Å². The molecular formula is C23H22N4O3. The Kier molecular flexibility index (Phi) is 5.13. The molecule has 0 spiro atoms. The number of H-pyrrole nitrogens is 1. The third-order valence-electron chi connectivity index (χ3n) is 5.41. The zero-order valence-corrected chi connectivity index (χ0v) is 16.4. The molecule has 1 aliphatic rings. The topological polar surface area (TPSA) is 93.2 Å². The maximum absolute atomic E-state index is 10.7. The fraction of sp³-hybridized carbons (Fsp3) is 0.261. The highest BCUT2D eigenvalue weighted by molar-refractivity contribution is 5.70. The van der Waals surface area contributed by atoms with Gasteiger partial charge < -0.3 is 19.6 Å². The second kappa shape index (κ2) is 8.22. The van der Waals surface area contributed by atoms with Gasteiger partial charge in [0, 0.05) is 31.2 Å². The van der Waals surface area contributed by atoms with Gasteiger partial charge in [0.05, 0.1) is 5.52 Å². The lowest BCUT2D eigenvalue weighted by molar-refractivity contribution is 0.0848. The average molecular weight is 402 g/mol. The van der Waals surface area contributed by atoms with Crippen molar-refractivity contribution in [1.29, 1.82) is 0 Å². The average Bonchev–Trinajstić information content (AvgIpc) is 3.24. The molecule has 1 fully saturated rings. The van der Waals surface area contributed by atoms with Crippen molar-refractivity contribution in [2.75, 3.05) is 13.2 Å². The molecule has 4 aromatic rings. The number of pyridine rings is 2. The summed E-state index contributed by atoms with van der Waals surface area (Å²) in [6.07, 6.45) is 4.49. The summed E-state index contributed by atoms with van der Waals surface area (Å²) >= 11 is 0. The standard InChI is InChI=1S/C23H22N4O3/c28-20(22-26-19-4-2-11-24-21(19)27-22)16-5-7-17(8-6-16)30-23-18(3-1-12-25-23)15-9-13-29-14-10-15/h1-8,11-12,15,20,28H,9-10,13-14H2,(H,24,26,27). The van der Waals surface area contributed by atoms with Crippen LogP contribution in [0.1, 0.15) is 41.8 Å². The maximum atomic E-state index is 10.7. The highest BCUT2D eigenvalue weighted by Gasteiger charge is 2.21. The number of rotatable bonds is 5. The largest absolute Gasteiger partial charge is 0.439 e. The number of aromatic amines is 1. The third kappa shape index (κ3) is 3.77. The zero-order chi connectivity index (χ0) is 20.3. The van der Waals surface area contributed by atoms with E-state index in [1.54, 1.807) is 12.4 Å². The monoisotopic (exact) mass is 402 g/mol. The van der Waals surface area contributed by atoms with Crippen molar-refractivity contribution in [2.45, 2.75) is 24.9 Å². The molecule has 0 saturated carbocycles. The minimum Gasteiger partial charge on any atom is -0.439 e. The molecule has 1 aromatic carbocycles. The summed E-state index contributed by atoms with van der Waals surface area (Å²) in [6.45, 7) is 1.53. The summed E-state index contributed by atoms with van der Waals surface area (Å²) < 4.78 is 11.6. The second-order valence-electron chi connectivity index (χ2n) is 7.35. The van der Waals surface area contributed by atoms with Gasteiger partial charge in [-0.2, -0.15) is 0 Å². The molecule has 0 radical (unpaired) electrons. The van der Waals surface area contributed by atoms with E-state index in [0.29, 0.717) is 34.6 Å². The fourth-order valence-corrected chi connectivity index (χ4v) is 3.79. The molecule has 3 aromatic heterocycles. The Balaban J connectivity index is 1.34. The Bertz CT molecular complexity index is 1100. The normalized spacial score (nSPS) is 15.9. The molecule has 7 nitrogen and oxygen atoms in total. The van der Waals surface area contributed by atoms with Crippen LogP contribution in [0, 0.1) is 0 Å². The van der Waals surface area contributed by atoms with E-state index >= 15 is 0 Å². The van der Waals surface area contributed by atoms with Crippen LogP contribution < -0.4 is 4.74 Å². The molecule has 30 heavy (non-hydrogen) atoms. The highest BCUT2D eigenvalue weighted by Crippen LogP contribution is 2.34. The molecule has 1 saturated heterocycles. The Morgan fingerprint density at radius 1 is 1.00 bits per heavy atom. The number of nitrogens with one attached hydrogen (secondary N) is 1. The molecule has 4 heterocycles. The van der Waals surface area contributed by atoms with Crippen molar-refractivity contribution in [3.05, 3.63) is 77.9 Å². The van der Waals surface area contributed by atoms with E-state index in [0.717, 1.165) is 37.1 Å². The Morgan fingerprint density at radius 3 is 2.57 bits per heavy atom. The van der Waals surface area contributed by atoms with Crippen molar-refractivity contribution in [3.8, 4) is 11.6 Å². The number of aliphatic hydroxyl groups excluding tert-OH is 1. The number of ether oxygens (including phenoxy) is 2. The summed E-state index contributed by atoms with van der Waals surface area (Å²) in [5.74, 6) is 2.15. The number of fused-ring (bicyclic) bond motifs is 1. The molecule has 1 aliphatic heterocycles. The van der Waals surface area contributed by atoms with Crippen LogP contribution in [0.25, 0.3) is 11.2 Å². The summed E-state index contributed by atoms with van der Waals surface area (Å²) in [4.78, 5) is 16.1. The fourth-order valence-electron chi connectivity index (χ4n) is 3.79. The number of aromatic nitrogens is 4. The van der Waals surface area contributed by atoms with Gasteiger partial charge in [-0.05, 0) is 54.7 Å². The quantitative estimate of drug-likeness (QED) is 0.522. The molecule has 5 rings (SSSR count). The predicted molar refractivity (Wildman–Crippen MR) is 111 cm³/mol. The summed E-state index contributed by atoms with van der Waals surface area (Å²) in [5, 5.41) is 10.7. The third-order valence-corrected chi connectivity index (χ3v) is 5.41. The molecule has 7 heteroatoms. The van der Waals surface area contributed by atoms with E-state index in [-0.39, 0.29) is 0 Å². The summed E-state index contributed by atoms with van der Waals surface area (Å²) in [7, 11) is 0. The van der Waals surface area contributed by atoms with E-state index in [1.807, 2.05) is 42.5 Å². The number of nitrogens with zero attached hydrogens (tertiary/aromatic N) is 3. The van der Waals surface area contributed by atoms with Gasteiger partial charge in [-0.3, -0.25) is 0 Å². The first-order chi connectivity index (χ1) is 14.8. The van der Waals surface area contributed by atoms with E-state index in [1.165, 1.54) is 0 Å². The molecule has 0 bridgehead atoms. The Morgan fingerprint density at radius 2 is 1.77 bits per heavy atom. The SMILES string of the molecule is OC(c1ccc(Oc2ncccc2C2CCOCC2)cc1)c1nc2ncccc2[nH]1. The van der Waals surface area contributed by atoms with E-state index in [9.17, 15) is 5.11 Å². The van der Waals surface area contributed by atoms with Crippen molar-refractivity contribution in [3.63, 3.8) is 0 Å². The lowest BCUT2D eigenvalue weighted by Crippen LogP contribution is -2.15. The lowest BCUT2D eigenvalue weighted by atomic mass is 9.92. The van der Waals surface area contributed by atoms with E-state index in [4.69, 9.17) is 9.47 Å². The smallest absolute Gasteiger partial charge is 0.222 e. The number of benzene rings is 1. The van der Waals surface area contributed by atoms with Crippen LogP contribution in [0.2, 0.25) is 0 Å². The minimum absolute atomic E-state index is 0.394. The Hall–Kier alpha value is -3.29. The number of imidazole rings is 1. The molecule has 2 N–H and O–H groups in total. The van der Waals surface area contributed by atoms with Crippen LogP contribution in [0.4, 0.5) is 0 Å².